The summed E-state index contributed by atoms with van der Waals surface area (Å²) in [5.41, 5.74) is 7.66. The van der Waals surface area contributed by atoms with Crippen LogP contribution < -0.4 is 5.73 Å². The van der Waals surface area contributed by atoms with E-state index in [0.29, 0.717) is 0 Å². The number of hydrogen-bond donors (Lipinski definition) is 1. The van der Waals surface area contributed by atoms with Gasteiger partial charge >= 0.3 is 0 Å². The Balaban J connectivity index is 2.08. The normalized spacial score (nSPS) is 27.1. The first-order chi connectivity index (χ1) is 7.07. The smallest absolute Gasteiger partial charge is 0.0336 e. The van der Waals surface area contributed by atoms with E-state index in [1.807, 2.05) is 6.07 Å². The van der Waals surface area contributed by atoms with Crippen LogP contribution in [0.25, 0.3) is 0 Å². The average molecular weight is 269 g/mol. The van der Waals surface area contributed by atoms with Crippen molar-refractivity contribution in [3.63, 3.8) is 0 Å². The fourth-order valence-corrected chi connectivity index (χ4v) is 2.75. The predicted molar refractivity (Wildman–Crippen MR) is 66.9 cm³/mol. The molecule has 15 heavy (non-hydrogen) atoms. The zero-order valence-corrected chi connectivity index (χ0v) is 10.6. The summed E-state index contributed by atoms with van der Waals surface area (Å²) in [6.45, 7) is 2.12. The molecule has 2 rings (SSSR count). The second-order valence-electron chi connectivity index (χ2n) is 4.66. The van der Waals surface area contributed by atoms with Crippen molar-refractivity contribution in [3.05, 3.63) is 34.3 Å². The Morgan fingerprint density at radius 1 is 1.53 bits per heavy atom. The zero-order valence-electron chi connectivity index (χ0n) is 9.04. The number of nitrogens with two attached hydrogens (primary N) is 1. The van der Waals surface area contributed by atoms with Gasteiger partial charge in [-0.25, -0.2) is 0 Å². The molecule has 1 aliphatic heterocycles. The highest BCUT2D eigenvalue weighted by molar-refractivity contribution is 9.10. The molecular weight excluding hydrogens is 252 g/mol. The van der Waals surface area contributed by atoms with Crippen molar-refractivity contribution in [2.24, 2.45) is 5.73 Å². The third-order valence-electron chi connectivity index (χ3n) is 3.02. The highest BCUT2D eigenvalue weighted by atomic mass is 79.9. The third kappa shape index (κ3) is 2.80. The number of likely N-dealkylation sites (tertiary alicyclic amines) is 1. The lowest BCUT2D eigenvalue weighted by atomic mass is 9.91. The summed E-state index contributed by atoms with van der Waals surface area (Å²) >= 11 is 3.49. The molecule has 0 spiro atoms. The molecule has 2 nitrogen and oxygen atoms in total. The van der Waals surface area contributed by atoms with Gasteiger partial charge in [0.05, 0.1) is 0 Å². The highest BCUT2D eigenvalue weighted by Gasteiger charge is 2.32. The molecule has 0 bridgehead atoms. The Kier molecular flexibility index (Phi) is 3.14. The Labute approximate surface area is 99.6 Å². The van der Waals surface area contributed by atoms with E-state index in [1.54, 1.807) is 0 Å². The van der Waals surface area contributed by atoms with Crippen LogP contribution in [-0.4, -0.2) is 30.6 Å². The molecule has 1 aromatic rings. The lowest BCUT2D eigenvalue weighted by Crippen LogP contribution is -2.44. The first-order valence-electron chi connectivity index (χ1n) is 5.29. The van der Waals surface area contributed by atoms with Crippen LogP contribution in [0.4, 0.5) is 0 Å². The molecule has 2 N–H and O–H groups in total. The molecule has 1 heterocycles. The number of nitrogens with zero attached hydrogens (tertiary/aromatic N) is 1. The molecule has 82 valence electrons. The quantitative estimate of drug-likeness (QED) is 0.890. The van der Waals surface area contributed by atoms with E-state index in [9.17, 15) is 0 Å². The van der Waals surface area contributed by atoms with Gasteiger partial charge in [0.1, 0.15) is 0 Å². The van der Waals surface area contributed by atoms with Crippen LogP contribution in [0, 0.1) is 0 Å². The summed E-state index contributed by atoms with van der Waals surface area (Å²) in [6, 6.07) is 8.43. The summed E-state index contributed by atoms with van der Waals surface area (Å²) < 4.78 is 1.13. The summed E-state index contributed by atoms with van der Waals surface area (Å²) in [5, 5.41) is 0. The first kappa shape index (κ1) is 11.1. The molecule has 1 aromatic carbocycles. The number of likely N-dealkylation sites (N-methyl/N-ethyl adjacent to an activating group) is 1. The van der Waals surface area contributed by atoms with Gasteiger partial charge in [0.2, 0.25) is 0 Å². The van der Waals surface area contributed by atoms with Gasteiger partial charge in [0.25, 0.3) is 0 Å². The van der Waals surface area contributed by atoms with Gasteiger partial charge in [0.15, 0.2) is 0 Å². The van der Waals surface area contributed by atoms with Crippen LogP contribution in [0.3, 0.4) is 0 Å². The number of rotatable bonds is 2. The number of halogens is 1. The summed E-state index contributed by atoms with van der Waals surface area (Å²) in [6.07, 6.45) is 2.06. The van der Waals surface area contributed by atoms with Gasteiger partial charge in [-0.05, 0) is 44.1 Å². The number of hydrogen-bond acceptors (Lipinski definition) is 2. The number of benzene rings is 1. The summed E-state index contributed by atoms with van der Waals surface area (Å²) in [7, 11) is 2.13. The Bertz CT molecular complexity index is 353. The Hall–Kier alpha value is -0.380. The zero-order chi connectivity index (χ0) is 10.9. The van der Waals surface area contributed by atoms with Gasteiger partial charge in [-0.2, -0.15) is 0 Å². The van der Waals surface area contributed by atoms with Crippen molar-refractivity contribution in [1.29, 1.82) is 0 Å². The van der Waals surface area contributed by atoms with Crippen molar-refractivity contribution in [2.75, 3.05) is 20.1 Å². The van der Waals surface area contributed by atoms with Crippen LogP contribution in [0.1, 0.15) is 12.0 Å². The largest absolute Gasteiger partial charge is 0.324 e. The standard InChI is InChI=1S/C12H17BrN2/c1-15-6-5-12(14,9-15)8-10-3-2-4-11(13)7-10/h2-4,7H,5-6,8-9,14H2,1H3. The molecule has 3 heteroatoms. The molecule has 1 aliphatic rings. The molecule has 0 amide bonds. The second kappa shape index (κ2) is 4.24. The fraction of sp³-hybridized carbons (Fsp3) is 0.500. The second-order valence-corrected chi connectivity index (χ2v) is 5.57. The highest BCUT2D eigenvalue weighted by Crippen LogP contribution is 2.23. The van der Waals surface area contributed by atoms with E-state index in [0.717, 1.165) is 30.4 Å². The third-order valence-corrected chi connectivity index (χ3v) is 3.51. The minimum atomic E-state index is -0.0322. The van der Waals surface area contributed by atoms with Crippen molar-refractivity contribution in [2.45, 2.75) is 18.4 Å². The molecular formula is C12H17BrN2. The SMILES string of the molecule is CN1CCC(N)(Cc2cccc(Br)c2)C1. The van der Waals surface area contributed by atoms with Crippen LogP contribution in [0.2, 0.25) is 0 Å². The minimum absolute atomic E-state index is 0.0322. The lowest BCUT2D eigenvalue weighted by Gasteiger charge is -2.23. The molecule has 1 unspecified atom stereocenters. The summed E-state index contributed by atoms with van der Waals surface area (Å²) in [5.74, 6) is 0. The minimum Gasteiger partial charge on any atom is -0.324 e. The van der Waals surface area contributed by atoms with E-state index in [4.69, 9.17) is 5.73 Å². The van der Waals surface area contributed by atoms with Gasteiger partial charge < -0.3 is 10.6 Å². The van der Waals surface area contributed by atoms with Crippen molar-refractivity contribution in [3.8, 4) is 0 Å². The van der Waals surface area contributed by atoms with Crippen molar-refractivity contribution >= 4 is 15.9 Å². The van der Waals surface area contributed by atoms with Gasteiger partial charge in [-0.15, -0.1) is 0 Å². The monoisotopic (exact) mass is 268 g/mol. The van der Waals surface area contributed by atoms with Gasteiger partial charge in [-0.3, -0.25) is 0 Å². The van der Waals surface area contributed by atoms with Crippen molar-refractivity contribution in [1.82, 2.24) is 4.90 Å². The molecule has 1 atom stereocenters. The maximum absolute atomic E-state index is 6.37. The van der Waals surface area contributed by atoms with Crippen LogP contribution >= 0.6 is 15.9 Å². The maximum atomic E-state index is 6.37. The van der Waals surface area contributed by atoms with Crippen molar-refractivity contribution < 1.29 is 0 Å². The van der Waals surface area contributed by atoms with Crippen LogP contribution in [-0.2, 0) is 6.42 Å². The topological polar surface area (TPSA) is 29.3 Å². The molecule has 0 radical (unpaired) electrons. The van der Waals surface area contributed by atoms with E-state index in [-0.39, 0.29) is 5.54 Å². The Morgan fingerprint density at radius 3 is 2.93 bits per heavy atom. The maximum Gasteiger partial charge on any atom is 0.0336 e. The van der Waals surface area contributed by atoms with Crippen LogP contribution in [0.15, 0.2) is 28.7 Å². The molecule has 0 saturated carbocycles. The lowest BCUT2D eigenvalue weighted by molar-refractivity contribution is 0.366. The predicted octanol–water partition coefficient (Wildman–Crippen LogP) is 2.02. The van der Waals surface area contributed by atoms with Gasteiger partial charge in [-0.1, -0.05) is 28.1 Å². The average Bonchev–Trinajstić information content (AvgIpc) is 2.45. The van der Waals surface area contributed by atoms with E-state index in [2.05, 4.69) is 46.1 Å². The van der Waals surface area contributed by atoms with Crippen LogP contribution in [0.5, 0.6) is 0 Å². The van der Waals surface area contributed by atoms with E-state index < -0.39 is 0 Å². The van der Waals surface area contributed by atoms with E-state index >= 15 is 0 Å². The summed E-state index contributed by atoms with van der Waals surface area (Å²) in [4.78, 5) is 2.30. The first-order valence-corrected chi connectivity index (χ1v) is 6.09. The van der Waals surface area contributed by atoms with Gasteiger partial charge in [0, 0.05) is 16.6 Å². The molecule has 0 aliphatic carbocycles. The molecule has 1 fully saturated rings. The fourth-order valence-electron chi connectivity index (χ4n) is 2.31. The van der Waals surface area contributed by atoms with E-state index in [1.165, 1.54) is 5.56 Å². The molecule has 0 aromatic heterocycles. The Morgan fingerprint density at radius 2 is 2.33 bits per heavy atom. The molecule has 1 saturated heterocycles.